The van der Waals surface area contributed by atoms with Crippen LogP contribution < -0.4 is 10.5 Å². The first kappa shape index (κ1) is 19.3. The van der Waals surface area contributed by atoms with Gasteiger partial charge in [0.2, 0.25) is 0 Å². The van der Waals surface area contributed by atoms with Crippen LogP contribution in [0.4, 0.5) is 5.82 Å². The summed E-state index contributed by atoms with van der Waals surface area (Å²) >= 11 is 0. The molecular weight excluding hydrogens is 390 g/mol. The maximum absolute atomic E-state index is 6.35. The normalized spacial score (nSPS) is 15.2. The molecule has 4 heterocycles. The monoisotopic (exact) mass is 415 g/mol. The number of fused-ring (bicyclic) bond motifs is 7. The average Bonchev–Trinajstić information content (AvgIpc) is 3.32. The number of hydrogen-bond acceptors (Lipinski definition) is 6. The molecule has 0 spiro atoms. The summed E-state index contributed by atoms with van der Waals surface area (Å²) in [4.78, 5) is 4.41. The topological polar surface area (TPSA) is 96.7 Å². The summed E-state index contributed by atoms with van der Waals surface area (Å²) in [5.41, 5.74) is 14.1. The second kappa shape index (κ2) is 7.23. The van der Waals surface area contributed by atoms with Crippen molar-refractivity contribution in [2.75, 3.05) is 5.73 Å². The van der Waals surface area contributed by atoms with E-state index in [1.54, 1.807) is 6.20 Å². The molecule has 3 aromatic heterocycles. The number of anilines is 1. The van der Waals surface area contributed by atoms with Crippen LogP contribution in [0, 0.1) is 6.92 Å². The molecule has 1 atom stereocenters. The van der Waals surface area contributed by atoms with E-state index >= 15 is 0 Å². The summed E-state index contributed by atoms with van der Waals surface area (Å²) < 4.78 is 10.1. The van der Waals surface area contributed by atoms with Gasteiger partial charge in [-0.3, -0.25) is 4.68 Å². The van der Waals surface area contributed by atoms with E-state index < -0.39 is 0 Å². The Bertz CT molecular complexity index is 1290. The van der Waals surface area contributed by atoms with Gasteiger partial charge in [-0.15, -0.1) is 5.10 Å². The van der Waals surface area contributed by atoms with E-state index in [0.717, 1.165) is 44.9 Å². The highest BCUT2D eigenvalue weighted by molar-refractivity contribution is 5.71. The first-order valence-electron chi connectivity index (χ1n) is 10.4. The van der Waals surface area contributed by atoms with Crippen LogP contribution >= 0.6 is 0 Å². The lowest BCUT2D eigenvalue weighted by atomic mass is 9.94. The van der Waals surface area contributed by atoms with Crippen molar-refractivity contribution in [1.82, 2.24) is 29.8 Å². The highest BCUT2D eigenvalue weighted by Crippen LogP contribution is 2.38. The molecule has 31 heavy (non-hydrogen) atoms. The molecule has 0 fully saturated rings. The van der Waals surface area contributed by atoms with E-state index in [1.807, 2.05) is 36.3 Å². The molecule has 1 unspecified atom stereocenters. The predicted molar refractivity (Wildman–Crippen MR) is 119 cm³/mol. The van der Waals surface area contributed by atoms with Crippen LogP contribution in [0.3, 0.4) is 0 Å². The Morgan fingerprint density at radius 2 is 2.10 bits per heavy atom. The molecule has 2 N–H and O–H groups in total. The second-order valence-electron chi connectivity index (χ2n) is 8.01. The molecule has 0 saturated heterocycles. The summed E-state index contributed by atoms with van der Waals surface area (Å²) in [6.07, 6.45) is 4.19. The van der Waals surface area contributed by atoms with Gasteiger partial charge in [-0.2, -0.15) is 5.10 Å². The predicted octanol–water partition coefficient (Wildman–Crippen LogP) is 3.70. The van der Waals surface area contributed by atoms with Gasteiger partial charge in [0.15, 0.2) is 11.6 Å². The Kier molecular flexibility index (Phi) is 4.50. The minimum atomic E-state index is -0.239. The fourth-order valence-corrected chi connectivity index (χ4v) is 4.25. The Morgan fingerprint density at radius 1 is 1.26 bits per heavy atom. The van der Waals surface area contributed by atoms with Gasteiger partial charge in [0.25, 0.3) is 0 Å². The van der Waals surface area contributed by atoms with Crippen molar-refractivity contribution in [3.8, 4) is 28.3 Å². The van der Waals surface area contributed by atoms with Crippen LogP contribution in [0.25, 0.3) is 22.5 Å². The molecule has 1 aliphatic rings. The molecule has 1 aliphatic heterocycles. The number of nitrogens with zero attached hydrogens (tertiary/aromatic N) is 6. The van der Waals surface area contributed by atoms with Gasteiger partial charge in [0.1, 0.15) is 6.10 Å². The van der Waals surface area contributed by atoms with Gasteiger partial charge in [-0.1, -0.05) is 29.0 Å². The Balaban J connectivity index is 1.81. The van der Waals surface area contributed by atoms with Crippen LogP contribution in [-0.4, -0.2) is 29.8 Å². The molecule has 158 valence electrons. The number of aromatic nitrogens is 6. The number of pyridine rings is 1. The number of rotatable bonds is 1. The minimum absolute atomic E-state index is 0.239. The zero-order valence-corrected chi connectivity index (χ0v) is 18.1. The van der Waals surface area contributed by atoms with Crippen molar-refractivity contribution in [2.45, 2.75) is 39.8 Å². The van der Waals surface area contributed by atoms with Gasteiger partial charge >= 0.3 is 0 Å². The number of ether oxygens (including phenoxy) is 1. The molecule has 5 rings (SSSR count). The third-order valence-corrected chi connectivity index (χ3v) is 5.73. The van der Waals surface area contributed by atoms with Crippen molar-refractivity contribution in [3.63, 3.8) is 0 Å². The van der Waals surface area contributed by atoms with E-state index in [1.165, 1.54) is 0 Å². The van der Waals surface area contributed by atoms with Crippen molar-refractivity contribution in [3.05, 3.63) is 59.0 Å². The molecule has 0 amide bonds. The maximum Gasteiger partial charge on any atom is 0.166 e. The summed E-state index contributed by atoms with van der Waals surface area (Å²) in [7, 11) is 1.94. The quantitative estimate of drug-likeness (QED) is 0.509. The van der Waals surface area contributed by atoms with Crippen LogP contribution in [0.2, 0.25) is 0 Å². The van der Waals surface area contributed by atoms with E-state index in [0.29, 0.717) is 24.5 Å². The summed E-state index contributed by atoms with van der Waals surface area (Å²) in [5, 5.41) is 13.7. The Labute approximate surface area is 180 Å². The van der Waals surface area contributed by atoms with Gasteiger partial charge < -0.3 is 10.5 Å². The molecule has 2 bridgehead atoms. The van der Waals surface area contributed by atoms with Crippen LogP contribution in [0.15, 0.2) is 36.7 Å². The number of nitrogens with two attached hydrogens (primary N) is 1. The van der Waals surface area contributed by atoms with Crippen LogP contribution in [0.5, 0.6) is 5.75 Å². The molecule has 1 aromatic carbocycles. The van der Waals surface area contributed by atoms with E-state index in [-0.39, 0.29) is 6.10 Å². The average molecular weight is 416 g/mol. The molecule has 8 heteroatoms. The lowest BCUT2D eigenvalue weighted by molar-refractivity contribution is 0.228. The fourth-order valence-electron chi connectivity index (χ4n) is 4.25. The molecule has 0 radical (unpaired) electrons. The number of benzene rings is 1. The van der Waals surface area contributed by atoms with Gasteiger partial charge in [-0.25, -0.2) is 9.67 Å². The largest absolute Gasteiger partial charge is 0.482 e. The summed E-state index contributed by atoms with van der Waals surface area (Å²) in [6.45, 7) is 6.85. The standard InChI is InChI=1S/C23H25N7O/c1-5-30-22-15-10-20(23(24)25-11-15)31-14(3)18-8-13(2)6-7-17(18)21-16(12-29(4)27-21)9-19(22)26-28-30/h6-8,10-12,14H,5,9H2,1-4H3,(H2,24,25). The first-order valence-corrected chi connectivity index (χ1v) is 10.4. The highest BCUT2D eigenvalue weighted by atomic mass is 16.5. The number of hydrogen-bond donors (Lipinski definition) is 1. The molecule has 0 aliphatic carbocycles. The first-order chi connectivity index (χ1) is 14.9. The maximum atomic E-state index is 6.35. The Hall–Kier alpha value is -3.68. The van der Waals surface area contributed by atoms with Gasteiger partial charge in [-0.05, 0) is 26.8 Å². The Morgan fingerprint density at radius 3 is 2.90 bits per heavy atom. The molecular formula is C23H25N7O. The molecule has 0 saturated carbocycles. The van der Waals surface area contributed by atoms with Gasteiger partial charge in [0, 0.05) is 54.7 Å². The van der Waals surface area contributed by atoms with Gasteiger partial charge in [0.05, 0.1) is 17.1 Å². The van der Waals surface area contributed by atoms with Crippen molar-refractivity contribution < 1.29 is 4.74 Å². The zero-order valence-electron chi connectivity index (χ0n) is 18.1. The molecule has 8 nitrogen and oxygen atoms in total. The minimum Gasteiger partial charge on any atom is -0.482 e. The van der Waals surface area contributed by atoms with E-state index in [4.69, 9.17) is 15.6 Å². The van der Waals surface area contributed by atoms with E-state index in [9.17, 15) is 0 Å². The lowest BCUT2D eigenvalue weighted by Crippen LogP contribution is -2.10. The highest BCUT2D eigenvalue weighted by Gasteiger charge is 2.24. The smallest absolute Gasteiger partial charge is 0.166 e. The third kappa shape index (κ3) is 3.24. The zero-order chi connectivity index (χ0) is 21.7. The van der Waals surface area contributed by atoms with Crippen molar-refractivity contribution in [1.29, 1.82) is 0 Å². The van der Waals surface area contributed by atoms with E-state index in [2.05, 4.69) is 46.6 Å². The fraction of sp³-hybridized carbons (Fsp3) is 0.304. The van der Waals surface area contributed by atoms with Crippen LogP contribution in [0.1, 0.15) is 42.3 Å². The summed E-state index contributed by atoms with van der Waals surface area (Å²) in [6, 6.07) is 8.31. The van der Waals surface area contributed by atoms with Crippen molar-refractivity contribution in [2.24, 2.45) is 7.05 Å². The lowest BCUT2D eigenvalue weighted by Gasteiger charge is -2.21. The second-order valence-corrected chi connectivity index (χ2v) is 8.01. The number of aryl methyl sites for hydroxylation is 3. The SMILES string of the molecule is CCn1nnc2c1-c1cnc(N)c(c1)OC(C)c1cc(C)ccc1-c1nn(C)cc1C2. The summed E-state index contributed by atoms with van der Waals surface area (Å²) in [5.74, 6) is 0.909. The molecule has 4 aromatic rings. The third-order valence-electron chi connectivity index (χ3n) is 5.73. The van der Waals surface area contributed by atoms with Crippen molar-refractivity contribution >= 4 is 5.82 Å². The number of nitrogen functional groups attached to an aromatic ring is 1. The van der Waals surface area contributed by atoms with Crippen LogP contribution in [-0.2, 0) is 20.0 Å².